The van der Waals surface area contributed by atoms with Crippen LogP contribution in [0.4, 0.5) is 5.82 Å². The Kier molecular flexibility index (Phi) is 4.68. The van der Waals surface area contributed by atoms with E-state index in [2.05, 4.69) is 28.8 Å². The van der Waals surface area contributed by atoms with Crippen LogP contribution < -0.4 is 5.73 Å². The molecule has 25 heavy (non-hydrogen) atoms. The highest BCUT2D eigenvalue weighted by atomic mass is 31.2. The summed E-state index contributed by atoms with van der Waals surface area (Å²) >= 11 is 0. The van der Waals surface area contributed by atoms with Gasteiger partial charge in [-0.2, -0.15) is 0 Å². The van der Waals surface area contributed by atoms with Crippen LogP contribution in [0.15, 0.2) is 23.8 Å². The molecule has 2 aromatic rings. The van der Waals surface area contributed by atoms with Gasteiger partial charge in [0.25, 0.3) is 0 Å². The average molecular weight is 367 g/mol. The molecule has 0 radical (unpaired) electrons. The molecule has 0 bridgehead atoms. The van der Waals surface area contributed by atoms with Gasteiger partial charge in [-0.05, 0) is 26.7 Å². The van der Waals surface area contributed by atoms with Gasteiger partial charge in [-0.3, -0.25) is 4.57 Å². The highest BCUT2D eigenvalue weighted by molar-refractivity contribution is 7.51. The maximum absolute atomic E-state index is 11.1. The lowest BCUT2D eigenvalue weighted by molar-refractivity contribution is 0.0545. The van der Waals surface area contributed by atoms with Crippen molar-refractivity contribution >= 4 is 24.6 Å². The number of nitrogens with zero attached hydrogens (tertiary/aromatic N) is 4. The van der Waals surface area contributed by atoms with Crippen LogP contribution in [0.25, 0.3) is 11.2 Å². The molecule has 0 aromatic carbocycles. The van der Waals surface area contributed by atoms with Gasteiger partial charge in [-0.15, -0.1) is 0 Å². The molecule has 136 valence electrons. The first-order valence-corrected chi connectivity index (χ1v) is 9.68. The van der Waals surface area contributed by atoms with Crippen molar-refractivity contribution in [3.05, 3.63) is 23.8 Å². The monoisotopic (exact) mass is 367 g/mol. The third-order valence-electron chi connectivity index (χ3n) is 4.61. The fourth-order valence-corrected chi connectivity index (χ4v) is 3.83. The van der Waals surface area contributed by atoms with Gasteiger partial charge in [-0.1, -0.05) is 11.1 Å². The number of hydrogen-bond donors (Lipinski definition) is 3. The van der Waals surface area contributed by atoms with Crippen molar-refractivity contribution in [3.8, 4) is 0 Å². The molecule has 4 N–H and O–H groups in total. The number of fused-ring (bicyclic) bond motifs is 1. The zero-order valence-corrected chi connectivity index (χ0v) is 15.1. The average Bonchev–Trinajstić information content (AvgIpc) is 3.01. The van der Waals surface area contributed by atoms with Gasteiger partial charge in [0.1, 0.15) is 18.2 Å². The molecule has 0 saturated heterocycles. The van der Waals surface area contributed by atoms with Crippen molar-refractivity contribution in [1.29, 1.82) is 0 Å². The summed E-state index contributed by atoms with van der Waals surface area (Å²) < 4.78 is 18.4. The molecular formula is C15H22N5O4P. The van der Waals surface area contributed by atoms with Crippen LogP contribution in [-0.2, 0) is 15.8 Å². The predicted octanol–water partition coefficient (Wildman–Crippen LogP) is 1.68. The van der Waals surface area contributed by atoms with E-state index in [0.717, 1.165) is 12.8 Å². The van der Waals surface area contributed by atoms with Crippen LogP contribution in [0, 0.1) is 5.41 Å². The number of nitrogens with two attached hydrogens (primary N) is 1. The lowest BCUT2D eigenvalue weighted by Crippen LogP contribution is -2.30. The SMILES string of the molecule is CC1=C(C)CC(COCP(=O)(O)O)(Cn2cnc3c(N)ncnc32)C1. The first kappa shape index (κ1) is 18.0. The Bertz CT molecular complexity index is 858. The summed E-state index contributed by atoms with van der Waals surface area (Å²) in [5.41, 5.74) is 9.29. The zero-order chi connectivity index (χ0) is 18.2. The molecule has 0 spiro atoms. The smallest absolute Gasteiger partial charge is 0.350 e. The Labute approximate surface area is 145 Å². The van der Waals surface area contributed by atoms with E-state index >= 15 is 0 Å². The molecule has 2 aromatic heterocycles. The minimum absolute atomic E-state index is 0.243. The number of aromatic nitrogens is 4. The van der Waals surface area contributed by atoms with Crippen LogP contribution in [-0.4, -0.2) is 42.3 Å². The molecule has 0 amide bonds. The summed E-state index contributed by atoms with van der Waals surface area (Å²) in [7, 11) is -4.19. The van der Waals surface area contributed by atoms with E-state index in [0.29, 0.717) is 23.5 Å². The lowest BCUT2D eigenvalue weighted by atomic mass is 9.84. The van der Waals surface area contributed by atoms with Crippen molar-refractivity contribution in [1.82, 2.24) is 19.5 Å². The van der Waals surface area contributed by atoms with Crippen molar-refractivity contribution in [2.45, 2.75) is 33.2 Å². The summed E-state index contributed by atoms with van der Waals surface area (Å²) in [6, 6.07) is 0. The maximum atomic E-state index is 11.1. The van der Waals surface area contributed by atoms with Gasteiger partial charge < -0.3 is 24.8 Å². The van der Waals surface area contributed by atoms with Crippen LogP contribution in [0.3, 0.4) is 0 Å². The number of nitrogen functional groups attached to an aromatic ring is 1. The Morgan fingerprint density at radius 2 is 1.96 bits per heavy atom. The summed E-state index contributed by atoms with van der Waals surface area (Å²) in [5, 5.41) is 0. The Hall–Kier alpha value is -1.80. The molecule has 10 heteroatoms. The molecule has 0 fully saturated rings. The number of ether oxygens (including phenoxy) is 1. The molecule has 0 aliphatic heterocycles. The second-order valence-corrected chi connectivity index (χ2v) is 8.45. The summed E-state index contributed by atoms with van der Waals surface area (Å²) in [6.07, 6.45) is 4.08. The van der Waals surface area contributed by atoms with Gasteiger partial charge >= 0.3 is 7.60 Å². The minimum atomic E-state index is -4.19. The minimum Gasteiger partial charge on any atom is -0.382 e. The number of hydrogen-bond acceptors (Lipinski definition) is 6. The predicted molar refractivity (Wildman–Crippen MR) is 92.6 cm³/mol. The van der Waals surface area contributed by atoms with Crippen LogP contribution >= 0.6 is 7.60 Å². The number of imidazole rings is 1. The topological polar surface area (TPSA) is 136 Å². The van der Waals surface area contributed by atoms with Crippen LogP contribution in [0.2, 0.25) is 0 Å². The molecule has 2 heterocycles. The van der Waals surface area contributed by atoms with Gasteiger partial charge in [0.05, 0.1) is 12.9 Å². The first-order chi connectivity index (χ1) is 11.7. The largest absolute Gasteiger partial charge is 0.382 e. The summed E-state index contributed by atoms with van der Waals surface area (Å²) in [5.74, 6) is 0.326. The Morgan fingerprint density at radius 3 is 2.60 bits per heavy atom. The second-order valence-electron chi connectivity index (χ2n) is 6.86. The van der Waals surface area contributed by atoms with E-state index in [-0.39, 0.29) is 12.0 Å². The normalized spacial score (nSPS) is 17.6. The lowest BCUT2D eigenvalue weighted by Gasteiger charge is -2.30. The Balaban J connectivity index is 1.85. The van der Waals surface area contributed by atoms with Crippen molar-refractivity contribution in [2.75, 3.05) is 18.7 Å². The fourth-order valence-electron chi connectivity index (χ4n) is 3.51. The molecule has 1 aliphatic carbocycles. The molecule has 0 saturated carbocycles. The maximum Gasteiger partial charge on any atom is 0.350 e. The molecule has 0 atom stereocenters. The Morgan fingerprint density at radius 1 is 1.28 bits per heavy atom. The molecular weight excluding hydrogens is 345 g/mol. The molecule has 9 nitrogen and oxygen atoms in total. The van der Waals surface area contributed by atoms with E-state index < -0.39 is 13.9 Å². The molecule has 1 aliphatic rings. The first-order valence-electron chi connectivity index (χ1n) is 7.88. The molecule has 0 unspecified atom stereocenters. The van der Waals surface area contributed by atoms with Crippen molar-refractivity contribution < 1.29 is 19.1 Å². The zero-order valence-electron chi connectivity index (χ0n) is 14.2. The van der Waals surface area contributed by atoms with Gasteiger partial charge in [-0.25, -0.2) is 15.0 Å². The second kappa shape index (κ2) is 6.49. The van der Waals surface area contributed by atoms with Gasteiger partial charge in [0, 0.05) is 12.0 Å². The fraction of sp³-hybridized carbons (Fsp3) is 0.533. The summed E-state index contributed by atoms with van der Waals surface area (Å²) in [4.78, 5) is 30.6. The van der Waals surface area contributed by atoms with Gasteiger partial charge in [0.2, 0.25) is 0 Å². The van der Waals surface area contributed by atoms with E-state index in [9.17, 15) is 4.57 Å². The highest BCUT2D eigenvalue weighted by Gasteiger charge is 2.38. The molecule has 3 rings (SSSR count). The summed E-state index contributed by atoms with van der Waals surface area (Å²) in [6.45, 7) is 4.96. The van der Waals surface area contributed by atoms with E-state index in [1.54, 1.807) is 6.33 Å². The standard InChI is InChI=1S/C15H22N5O4P/c1-10-3-15(4-11(10)2,6-24-9-25(21,22)23)5-20-8-19-12-13(16)17-7-18-14(12)20/h7-8H,3-6,9H2,1-2H3,(H2,16,17,18)(H2,21,22,23). The van der Waals surface area contributed by atoms with E-state index in [4.69, 9.17) is 20.3 Å². The van der Waals surface area contributed by atoms with Gasteiger partial charge in [0.15, 0.2) is 11.5 Å². The highest BCUT2D eigenvalue weighted by Crippen LogP contribution is 2.45. The number of anilines is 1. The van der Waals surface area contributed by atoms with Crippen LogP contribution in [0.1, 0.15) is 26.7 Å². The third-order valence-corrected chi connectivity index (χ3v) is 5.13. The van der Waals surface area contributed by atoms with Crippen molar-refractivity contribution in [2.24, 2.45) is 5.41 Å². The quantitative estimate of drug-likeness (QED) is 0.518. The van der Waals surface area contributed by atoms with E-state index in [1.165, 1.54) is 17.5 Å². The van der Waals surface area contributed by atoms with Crippen molar-refractivity contribution in [3.63, 3.8) is 0 Å². The number of allylic oxidation sites excluding steroid dienone is 2. The van der Waals surface area contributed by atoms with E-state index in [1.807, 2.05) is 4.57 Å². The number of rotatable bonds is 6. The van der Waals surface area contributed by atoms with Crippen LogP contribution in [0.5, 0.6) is 0 Å². The third kappa shape index (κ3) is 3.90.